The molecule has 0 amide bonds. The van der Waals surface area contributed by atoms with Crippen LogP contribution in [0.2, 0.25) is 5.02 Å². The fourth-order valence-corrected chi connectivity index (χ4v) is 4.70. The molecule has 0 atom stereocenters. The smallest absolute Gasteiger partial charge is 0.153 e. The predicted molar refractivity (Wildman–Crippen MR) is 129 cm³/mol. The van der Waals surface area contributed by atoms with E-state index in [4.69, 9.17) is 32.0 Å². The van der Waals surface area contributed by atoms with E-state index in [0.717, 1.165) is 93.3 Å². The summed E-state index contributed by atoms with van der Waals surface area (Å²) in [5, 5.41) is 7.69. The van der Waals surface area contributed by atoms with Crippen LogP contribution in [0.4, 0.5) is 11.6 Å². The summed E-state index contributed by atoms with van der Waals surface area (Å²) in [6.45, 7) is 2.55. The minimum Gasteiger partial charge on any atom is -0.381 e. The molecule has 0 bridgehead atoms. The zero-order valence-electron chi connectivity index (χ0n) is 18.3. The highest BCUT2D eigenvalue weighted by Gasteiger charge is 2.22. The number of aromatic nitrogens is 3. The van der Waals surface area contributed by atoms with E-state index >= 15 is 0 Å². The van der Waals surface area contributed by atoms with E-state index < -0.39 is 0 Å². The van der Waals surface area contributed by atoms with Gasteiger partial charge in [0.15, 0.2) is 5.82 Å². The van der Waals surface area contributed by atoms with Gasteiger partial charge < -0.3 is 21.1 Å². The van der Waals surface area contributed by atoms with Crippen LogP contribution < -0.4 is 16.4 Å². The standard InChI is InChI=1S/C24H31ClN6O/c25-20-13-27-22(30-18-5-3-17(26)4-6-18)11-19(20)21-14-28-23(16-1-2-16)24(31-21)29-12-15-7-9-32-10-8-15/h1,11,13-15,17-18H,2-10,12,26H2,(H,27,30)(H,29,31). The first-order chi connectivity index (χ1) is 15.7. The normalized spacial score (nSPS) is 23.5. The number of rotatable bonds is 7. The third-order valence-electron chi connectivity index (χ3n) is 6.64. The molecule has 1 saturated heterocycles. The molecule has 5 rings (SSSR count). The summed E-state index contributed by atoms with van der Waals surface area (Å²) in [4.78, 5) is 14.2. The number of pyridine rings is 1. The average Bonchev–Trinajstić information content (AvgIpc) is 3.66. The van der Waals surface area contributed by atoms with Crippen LogP contribution in [-0.4, -0.2) is 46.8 Å². The predicted octanol–water partition coefficient (Wildman–Crippen LogP) is 4.50. The maximum Gasteiger partial charge on any atom is 0.153 e. The zero-order chi connectivity index (χ0) is 21.9. The van der Waals surface area contributed by atoms with Gasteiger partial charge in [-0.05, 0) is 62.5 Å². The van der Waals surface area contributed by atoms with Crippen LogP contribution in [0, 0.1) is 5.92 Å². The van der Waals surface area contributed by atoms with Crippen LogP contribution in [-0.2, 0) is 4.74 Å². The van der Waals surface area contributed by atoms with Crippen LogP contribution in [0.25, 0.3) is 16.8 Å². The second kappa shape index (κ2) is 9.73. The summed E-state index contributed by atoms with van der Waals surface area (Å²) < 4.78 is 5.49. The van der Waals surface area contributed by atoms with Gasteiger partial charge in [0.1, 0.15) is 11.5 Å². The molecule has 0 spiro atoms. The van der Waals surface area contributed by atoms with E-state index in [-0.39, 0.29) is 0 Å². The molecule has 8 heteroatoms. The lowest BCUT2D eigenvalue weighted by Gasteiger charge is -2.27. The number of anilines is 2. The molecule has 2 aliphatic carbocycles. The van der Waals surface area contributed by atoms with Crippen LogP contribution in [0.5, 0.6) is 0 Å². The Bertz CT molecular complexity index is 982. The van der Waals surface area contributed by atoms with Crippen molar-refractivity contribution < 1.29 is 4.74 Å². The van der Waals surface area contributed by atoms with Gasteiger partial charge in [-0.15, -0.1) is 0 Å². The van der Waals surface area contributed by atoms with E-state index in [1.54, 1.807) is 6.20 Å². The van der Waals surface area contributed by atoms with Gasteiger partial charge >= 0.3 is 0 Å². The summed E-state index contributed by atoms with van der Waals surface area (Å²) in [6, 6.07) is 2.70. The lowest BCUT2D eigenvalue weighted by Crippen LogP contribution is -2.33. The Morgan fingerprint density at radius 3 is 2.59 bits per heavy atom. The maximum atomic E-state index is 6.54. The molecule has 170 valence electrons. The Kier molecular flexibility index (Phi) is 6.57. The molecular weight excluding hydrogens is 424 g/mol. The minimum absolute atomic E-state index is 0.323. The maximum absolute atomic E-state index is 6.54. The largest absolute Gasteiger partial charge is 0.381 e. The Balaban J connectivity index is 1.35. The molecular formula is C24H31ClN6O. The number of allylic oxidation sites excluding steroid dienone is 2. The van der Waals surface area contributed by atoms with E-state index in [1.807, 2.05) is 12.3 Å². The first-order valence-corrected chi connectivity index (χ1v) is 12.1. The molecule has 3 aliphatic rings. The van der Waals surface area contributed by atoms with Crippen molar-refractivity contribution in [2.45, 2.75) is 57.0 Å². The Morgan fingerprint density at radius 1 is 1.06 bits per heavy atom. The van der Waals surface area contributed by atoms with Gasteiger partial charge in [0, 0.05) is 43.6 Å². The highest BCUT2D eigenvalue weighted by molar-refractivity contribution is 6.33. The molecule has 7 nitrogen and oxygen atoms in total. The van der Waals surface area contributed by atoms with Crippen molar-refractivity contribution in [3.05, 3.63) is 35.3 Å². The molecule has 0 radical (unpaired) electrons. The summed E-state index contributed by atoms with van der Waals surface area (Å²) in [7, 11) is 0. The van der Waals surface area contributed by atoms with Crippen molar-refractivity contribution >= 4 is 28.8 Å². The third kappa shape index (κ3) is 5.22. The Morgan fingerprint density at radius 2 is 1.84 bits per heavy atom. The molecule has 2 fully saturated rings. The molecule has 4 N–H and O–H groups in total. The SMILES string of the molecule is NC1CCC(Nc2cc(-c3cnc(C4=CC4)c(NCC4CCOCC4)n3)c(Cl)cn2)CC1. The van der Waals surface area contributed by atoms with Crippen LogP contribution in [0.1, 0.15) is 50.6 Å². The summed E-state index contributed by atoms with van der Waals surface area (Å²) >= 11 is 6.54. The fraction of sp³-hybridized carbons (Fsp3) is 0.542. The zero-order valence-corrected chi connectivity index (χ0v) is 19.1. The lowest BCUT2D eigenvalue weighted by molar-refractivity contribution is 0.0699. The quantitative estimate of drug-likeness (QED) is 0.566. The fourth-order valence-electron chi connectivity index (χ4n) is 4.50. The number of hydrogen-bond acceptors (Lipinski definition) is 7. The Labute approximate surface area is 194 Å². The van der Waals surface area contributed by atoms with Crippen molar-refractivity contribution in [1.29, 1.82) is 0 Å². The van der Waals surface area contributed by atoms with Gasteiger partial charge in [-0.1, -0.05) is 17.7 Å². The number of halogens is 1. The molecule has 2 aromatic heterocycles. The van der Waals surface area contributed by atoms with E-state index in [2.05, 4.69) is 21.7 Å². The molecule has 32 heavy (non-hydrogen) atoms. The van der Waals surface area contributed by atoms with E-state index in [9.17, 15) is 0 Å². The summed E-state index contributed by atoms with van der Waals surface area (Å²) in [5.74, 6) is 2.25. The molecule has 3 heterocycles. The molecule has 1 saturated carbocycles. The minimum atomic E-state index is 0.323. The van der Waals surface area contributed by atoms with Crippen LogP contribution in [0.3, 0.4) is 0 Å². The number of nitrogens with one attached hydrogen (secondary N) is 2. The van der Waals surface area contributed by atoms with E-state index in [0.29, 0.717) is 23.0 Å². The van der Waals surface area contributed by atoms with Crippen LogP contribution >= 0.6 is 11.6 Å². The van der Waals surface area contributed by atoms with Crippen molar-refractivity contribution in [3.8, 4) is 11.3 Å². The van der Waals surface area contributed by atoms with Gasteiger partial charge in [-0.25, -0.2) is 9.97 Å². The third-order valence-corrected chi connectivity index (χ3v) is 6.94. The van der Waals surface area contributed by atoms with Gasteiger partial charge in [0.2, 0.25) is 0 Å². The average molecular weight is 455 g/mol. The first kappa shape index (κ1) is 21.6. The number of hydrogen-bond donors (Lipinski definition) is 3. The van der Waals surface area contributed by atoms with Crippen molar-refractivity contribution in [2.75, 3.05) is 30.4 Å². The van der Waals surface area contributed by atoms with E-state index in [1.165, 1.54) is 5.57 Å². The Hall–Kier alpha value is -2.22. The molecule has 0 aromatic carbocycles. The monoisotopic (exact) mass is 454 g/mol. The van der Waals surface area contributed by atoms with Gasteiger partial charge in [0.05, 0.1) is 16.9 Å². The molecule has 2 aromatic rings. The summed E-state index contributed by atoms with van der Waals surface area (Å²) in [5.41, 5.74) is 9.83. The first-order valence-electron chi connectivity index (χ1n) is 11.7. The summed E-state index contributed by atoms with van der Waals surface area (Å²) in [6.07, 6.45) is 13.0. The van der Waals surface area contributed by atoms with Gasteiger partial charge in [-0.3, -0.25) is 4.98 Å². The highest BCUT2D eigenvalue weighted by atomic mass is 35.5. The molecule has 1 aliphatic heterocycles. The van der Waals surface area contributed by atoms with Gasteiger partial charge in [0.25, 0.3) is 0 Å². The number of nitrogens with two attached hydrogens (primary N) is 1. The van der Waals surface area contributed by atoms with Crippen molar-refractivity contribution in [3.63, 3.8) is 0 Å². The van der Waals surface area contributed by atoms with Gasteiger partial charge in [-0.2, -0.15) is 0 Å². The van der Waals surface area contributed by atoms with Crippen LogP contribution in [0.15, 0.2) is 24.5 Å². The molecule has 0 unspecified atom stereocenters. The lowest BCUT2D eigenvalue weighted by atomic mass is 9.92. The topological polar surface area (TPSA) is 98.0 Å². The number of ether oxygens (including phenoxy) is 1. The number of nitrogens with zero attached hydrogens (tertiary/aromatic N) is 3. The van der Waals surface area contributed by atoms with Crippen molar-refractivity contribution in [2.24, 2.45) is 11.7 Å². The second-order valence-electron chi connectivity index (χ2n) is 9.13. The van der Waals surface area contributed by atoms with Crippen molar-refractivity contribution in [1.82, 2.24) is 15.0 Å². The highest BCUT2D eigenvalue weighted by Crippen LogP contribution is 2.36. The second-order valence-corrected chi connectivity index (χ2v) is 9.54.